The SMILES string of the molecule is CCOc1ccc(NC(=O)CN(C)Cc2ccc3ccccc3c2)cc1. The Morgan fingerprint density at radius 2 is 1.73 bits per heavy atom. The number of ether oxygens (including phenoxy) is 1. The third kappa shape index (κ3) is 4.83. The first kappa shape index (κ1) is 18.0. The van der Waals surface area contributed by atoms with E-state index in [1.165, 1.54) is 16.3 Å². The molecule has 4 nitrogen and oxygen atoms in total. The molecule has 0 fully saturated rings. The summed E-state index contributed by atoms with van der Waals surface area (Å²) in [6, 6.07) is 22.1. The Labute approximate surface area is 154 Å². The zero-order valence-electron chi connectivity index (χ0n) is 15.2. The van der Waals surface area contributed by atoms with Crippen LogP contribution < -0.4 is 10.1 Å². The van der Waals surface area contributed by atoms with Crippen LogP contribution in [0, 0.1) is 0 Å². The lowest BCUT2D eigenvalue weighted by Crippen LogP contribution is -2.29. The summed E-state index contributed by atoms with van der Waals surface area (Å²) in [6.07, 6.45) is 0. The van der Waals surface area contributed by atoms with Crippen LogP contribution in [-0.2, 0) is 11.3 Å². The van der Waals surface area contributed by atoms with Crippen molar-refractivity contribution < 1.29 is 9.53 Å². The van der Waals surface area contributed by atoms with Gasteiger partial charge in [-0.25, -0.2) is 0 Å². The van der Waals surface area contributed by atoms with Gasteiger partial charge in [0, 0.05) is 12.2 Å². The summed E-state index contributed by atoms with van der Waals surface area (Å²) >= 11 is 0. The maximum Gasteiger partial charge on any atom is 0.238 e. The van der Waals surface area contributed by atoms with Crippen molar-refractivity contribution in [2.75, 3.05) is 25.5 Å². The molecule has 1 N–H and O–H groups in total. The second-order valence-electron chi connectivity index (χ2n) is 6.36. The van der Waals surface area contributed by atoms with Gasteiger partial charge in [0.25, 0.3) is 0 Å². The molecule has 134 valence electrons. The van der Waals surface area contributed by atoms with Crippen LogP contribution in [0.2, 0.25) is 0 Å². The van der Waals surface area contributed by atoms with Crippen LogP contribution >= 0.6 is 0 Å². The van der Waals surface area contributed by atoms with E-state index >= 15 is 0 Å². The highest BCUT2D eigenvalue weighted by Gasteiger charge is 2.08. The molecule has 0 saturated carbocycles. The Morgan fingerprint density at radius 1 is 1.00 bits per heavy atom. The fraction of sp³-hybridized carbons (Fsp3) is 0.227. The Morgan fingerprint density at radius 3 is 2.46 bits per heavy atom. The lowest BCUT2D eigenvalue weighted by atomic mass is 10.1. The van der Waals surface area contributed by atoms with E-state index in [9.17, 15) is 4.79 Å². The van der Waals surface area contributed by atoms with Gasteiger partial charge in [-0.3, -0.25) is 9.69 Å². The van der Waals surface area contributed by atoms with Crippen LogP contribution in [0.5, 0.6) is 5.75 Å². The molecule has 0 aliphatic heterocycles. The predicted molar refractivity (Wildman–Crippen MR) is 107 cm³/mol. The molecule has 1 amide bonds. The van der Waals surface area contributed by atoms with Crippen LogP contribution in [0.25, 0.3) is 10.8 Å². The lowest BCUT2D eigenvalue weighted by molar-refractivity contribution is -0.117. The number of hydrogen-bond acceptors (Lipinski definition) is 3. The molecule has 0 unspecified atom stereocenters. The fourth-order valence-electron chi connectivity index (χ4n) is 2.95. The Hall–Kier alpha value is -2.85. The number of likely N-dealkylation sites (N-methyl/N-ethyl adjacent to an activating group) is 1. The normalized spacial score (nSPS) is 10.9. The number of hydrogen-bond donors (Lipinski definition) is 1. The number of anilines is 1. The summed E-state index contributed by atoms with van der Waals surface area (Å²) < 4.78 is 5.41. The van der Waals surface area contributed by atoms with E-state index in [1.807, 2.05) is 55.3 Å². The lowest BCUT2D eigenvalue weighted by Gasteiger charge is -2.17. The van der Waals surface area contributed by atoms with E-state index in [0.29, 0.717) is 13.2 Å². The average molecular weight is 348 g/mol. The Balaban J connectivity index is 1.54. The molecule has 26 heavy (non-hydrogen) atoms. The molecule has 3 aromatic rings. The first-order valence-corrected chi connectivity index (χ1v) is 8.83. The van der Waals surface area contributed by atoms with E-state index < -0.39 is 0 Å². The highest BCUT2D eigenvalue weighted by molar-refractivity contribution is 5.92. The van der Waals surface area contributed by atoms with Crippen molar-refractivity contribution >= 4 is 22.4 Å². The van der Waals surface area contributed by atoms with E-state index in [-0.39, 0.29) is 5.91 Å². The molecule has 3 rings (SSSR count). The minimum Gasteiger partial charge on any atom is -0.494 e. The number of benzene rings is 3. The standard InChI is InChI=1S/C22H24N2O2/c1-3-26-21-12-10-20(11-13-21)23-22(25)16-24(2)15-17-8-9-18-6-4-5-7-19(18)14-17/h4-14H,3,15-16H2,1-2H3,(H,23,25). The van der Waals surface area contributed by atoms with E-state index in [0.717, 1.165) is 18.0 Å². The molecule has 4 heteroatoms. The maximum absolute atomic E-state index is 12.3. The van der Waals surface area contributed by atoms with Gasteiger partial charge >= 0.3 is 0 Å². The smallest absolute Gasteiger partial charge is 0.238 e. The van der Waals surface area contributed by atoms with Gasteiger partial charge in [-0.05, 0) is 60.6 Å². The van der Waals surface area contributed by atoms with E-state index in [2.05, 4.69) is 35.6 Å². The molecular weight excluding hydrogens is 324 g/mol. The van der Waals surface area contributed by atoms with Crippen molar-refractivity contribution in [1.29, 1.82) is 0 Å². The van der Waals surface area contributed by atoms with Gasteiger partial charge < -0.3 is 10.1 Å². The maximum atomic E-state index is 12.3. The molecule has 0 aliphatic carbocycles. The summed E-state index contributed by atoms with van der Waals surface area (Å²) in [5, 5.41) is 5.37. The van der Waals surface area contributed by atoms with E-state index in [4.69, 9.17) is 4.74 Å². The number of rotatable bonds is 7. The van der Waals surface area contributed by atoms with Crippen molar-refractivity contribution in [2.45, 2.75) is 13.5 Å². The molecule has 0 spiro atoms. The van der Waals surface area contributed by atoms with Crippen LogP contribution in [0.1, 0.15) is 12.5 Å². The minimum atomic E-state index is -0.0301. The largest absolute Gasteiger partial charge is 0.494 e. The first-order chi connectivity index (χ1) is 12.6. The fourth-order valence-corrected chi connectivity index (χ4v) is 2.95. The Kier molecular flexibility index (Phi) is 5.87. The van der Waals surface area contributed by atoms with Crippen LogP contribution in [0.3, 0.4) is 0 Å². The zero-order chi connectivity index (χ0) is 18.4. The number of nitrogens with one attached hydrogen (secondary N) is 1. The minimum absolute atomic E-state index is 0.0301. The molecule has 0 atom stereocenters. The third-order valence-corrected chi connectivity index (χ3v) is 4.13. The predicted octanol–water partition coefficient (Wildman–Crippen LogP) is 4.31. The number of nitrogens with zero attached hydrogens (tertiary/aromatic N) is 1. The van der Waals surface area contributed by atoms with Crippen LogP contribution in [-0.4, -0.2) is 31.0 Å². The van der Waals surface area contributed by atoms with Gasteiger partial charge in [0.15, 0.2) is 0 Å². The highest BCUT2D eigenvalue weighted by atomic mass is 16.5. The quantitative estimate of drug-likeness (QED) is 0.692. The number of carbonyl (C=O) groups excluding carboxylic acids is 1. The molecule has 0 aliphatic rings. The highest BCUT2D eigenvalue weighted by Crippen LogP contribution is 2.17. The Bertz CT molecular complexity index is 875. The molecule has 0 saturated heterocycles. The zero-order valence-corrected chi connectivity index (χ0v) is 15.2. The summed E-state index contributed by atoms with van der Waals surface area (Å²) in [5.74, 6) is 0.774. The van der Waals surface area contributed by atoms with Gasteiger partial charge in [0.1, 0.15) is 5.75 Å². The number of amides is 1. The summed E-state index contributed by atoms with van der Waals surface area (Å²) in [6.45, 7) is 3.63. The molecule has 0 radical (unpaired) electrons. The van der Waals surface area contributed by atoms with Crippen LogP contribution in [0.4, 0.5) is 5.69 Å². The van der Waals surface area contributed by atoms with E-state index in [1.54, 1.807) is 0 Å². The third-order valence-electron chi connectivity index (χ3n) is 4.13. The summed E-state index contributed by atoms with van der Waals surface area (Å²) in [7, 11) is 1.95. The summed E-state index contributed by atoms with van der Waals surface area (Å²) in [5.41, 5.74) is 1.97. The summed E-state index contributed by atoms with van der Waals surface area (Å²) in [4.78, 5) is 14.3. The molecule has 3 aromatic carbocycles. The monoisotopic (exact) mass is 348 g/mol. The molecular formula is C22H24N2O2. The molecule has 0 bridgehead atoms. The van der Waals surface area contributed by atoms with Crippen molar-refractivity contribution in [3.63, 3.8) is 0 Å². The van der Waals surface area contributed by atoms with Crippen molar-refractivity contribution in [3.05, 3.63) is 72.3 Å². The topological polar surface area (TPSA) is 41.6 Å². The van der Waals surface area contributed by atoms with Crippen molar-refractivity contribution in [3.8, 4) is 5.75 Å². The molecule has 0 heterocycles. The second kappa shape index (κ2) is 8.50. The second-order valence-corrected chi connectivity index (χ2v) is 6.36. The van der Waals surface area contributed by atoms with Gasteiger partial charge in [-0.1, -0.05) is 36.4 Å². The van der Waals surface area contributed by atoms with Gasteiger partial charge in [0.2, 0.25) is 5.91 Å². The first-order valence-electron chi connectivity index (χ1n) is 8.83. The van der Waals surface area contributed by atoms with Gasteiger partial charge in [-0.2, -0.15) is 0 Å². The van der Waals surface area contributed by atoms with Crippen molar-refractivity contribution in [1.82, 2.24) is 4.90 Å². The number of fused-ring (bicyclic) bond motifs is 1. The number of carbonyl (C=O) groups is 1. The average Bonchev–Trinajstić information content (AvgIpc) is 2.63. The molecule has 0 aromatic heterocycles. The van der Waals surface area contributed by atoms with Gasteiger partial charge in [-0.15, -0.1) is 0 Å². The van der Waals surface area contributed by atoms with Gasteiger partial charge in [0.05, 0.1) is 13.2 Å². The van der Waals surface area contributed by atoms with Crippen molar-refractivity contribution in [2.24, 2.45) is 0 Å². The van der Waals surface area contributed by atoms with Crippen LogP contribution in [0.15, 0.2) is 66.7 Å².